The zero-order valence-corrected chi connectivity index (χ0v) is 15.7. The molecule has 0 atom stereocenters. The third kappa shape index (κ3) is 4.91. The highest BCUT2D eigenvalue weighted by Gasteiger charge is 2.21. The van der Waals surface area contributed by atoms with Crippen molar-refractivity contribution in [3.05, 3.63) is 47.4 Å². The molecule has 3 rings (SSSR count). The SMILES string of the molecule is CCCc1ncncc1C(=O)NCC1CCN(Cc2ccc(C)o2)CC1. The van der Waals surface area contributed by atoms with Gasteiger partial charge in [0.25, 0.3) is 5.91 Å². The highest BCUT2D eigenvalue weighted by molar-refractivity contribution is 5.94. The van der Waals surface area contributed by atoms with E-state index < -0.39 is 0 Å². The molecule has 3 heterocycles. The van der Waals surface area contributed by atoms with Crippen LogP contribution in [0.1, 0.15) is 53.8 Å². The Morgan fingerprint density at radius 2 is 2.15 bits per heavy atom. The number of nitrogens with one attached hydrogen (secondary N) is 1. The third-order valence-electron chi connectivity index (χ3n) is 4.96. The fourth-order valence-electron chi connectivity index (χ4n) is 3.45. The zero-order chi connectivity index (χ0) is 18.4. The molecule has 0 aromatic carbocycles. The summed E-state index contributed by atoms with van der Waals surface area (Å²) in [6, 6.07) is 4.06. The van der Waals surface area contributed by atoms with Gasteiger partial charge in [0.1, 0.15) is 17.8 Å². The maximum Gasteiger partial charge on any atom is 0.254 e. The minimum absolute atomic E-state index is 0.0532. The van der Waals surface area contributed by atoms with Crippen molar-refractivity contribution in [2.45, 2.75) is 46.1 Å². The monoisotopic (exact) mass is 356 g/mol. The molecule has 2 aromatic heterocycles. The molecule has 0 aliphatic carbocycles. The Morgan fingerprint density at radius 3 is 2.85 bits per heavy atom. The molecule has 0 unspecified atom stereocenters. The van der Waals surface area contributed by atoms with Gasteiger partial charge in [0.05, 0.1) is 17.8 Å². The number of furan rings is 1. The molecule has 1 aliphatic rings. The number of likely N-dealkylation sites (tertiary alicyclic amines) is 1. The number of carbonyl (C=O) groups excluding carboxylic acids is 1. The van der Waals surface area contributed by atoms with Crippen molar-refractivity contribution in [1.29, 1.82) is 0 Å². The molecule has 6 heteroatoms. The lowest BCUT2D eigenvalue weighted by atomic mass is 9.96. The predicted octanol–water partition coefficient (Wildman–Crippen LogP) is 2.97. The van der Waals surface area contributed by atoms with Crippen LogP contribution in [0.5, 0.6) is 0 Å². The largest absolute Gasteiger partial charge is 0.465 e. The normalized spacial score (nSPS) is 15.9. The van der Waals surface area contributed by atoms with Crippen LogP contribution in [0.25, 0.3) is 0 Å². The van der Waals surface area contributed by atoms with Crippen molar-refractivity contribution in [2.75, 3.05) is 19.6 Å². The van der Waals surface area contributed by atoms with Crippen LogP contribution in [0.15, 0.2) is 29.1 Å². The summed E-state index contributed by atoms with van der Waals surface area (Å²) in [7, 11) is 0. The van der Waals surface area contributed by atoms with Gasteiger partial charge in [0.2, 0.25) is 0 Å². The number of rotatable bonds is 7. The molecule has 0 saturated carbocycles. The summed E-state index contributed by atoms with van der Waals surface area (Å²) in [6.07, 6.45) is 7.08. The summed E-state index contributed by atoms with van der Waals surface area (Å²) in [6.45, 7) is 7.72. The lowest BCUT2D eigenvalue weighted by Crippen LogP contribution is -2.38. The van der Waals surface area contributed by atoms with Gasteiger partial charge in [-0.15, -0.1) is 0 Å². The van der Waals surface area contributed by atoms with Gasteiger partial charge in [0.15, 0.2) is 0 Å². The van der Waals surface area contributed by atoms with E-state index in [2.05, 4.69) is 33.2 Å². The van der Waals surface area contributed by atoms with Crippen LogP contribution >= 0.6 is 0 Å². The van der Waals surface area contributed by atoms with E-state index in [-0.39, 0.29) is 5.91 Å². The van der Waals surface area contributed by atoms with Gasteiger partial charge in [-0.05, 0) is 57.3 Å². The summed E-state index contributed by atoms with van der Waals surface area (Å²) in [4.78, 5) is 23.2. The minimum Gasteiger partial charge on any atom is -0.465 e. The standard InChI is InChI=1S/C20H28N4O2/c1-3-4-19-18(12-21-14-23-19)20(25)22-11-16-7-9-24(10-8-16)13-17-6-5-15(2)26-17/h5-6,12,14,16H,3-4,7-11,13H2,1-2H3,(H,22,25). The average Bonchev–Trinajstić information content (AvgIpc) is 3.06. The fraction of sp³-hybridized carbons (Fsp3) is 0.550. The summed E-state index contributed by atoms with van der Waals surface area (Å²) < 4.78 is 5.66. The molecule has 26 heavy (non-hydrogen) atoms. The molecule has 0 bridgehead atoms. The number of piperidine rings is 1. The van der Waals surface area contributed by atoms with Gasteiger partial charge in [-0.2, -0.15) is 0 Å². The maximum absolute atomic E-state index is 12.5. The quantitative estimate of drug-likeness (QED) is 0.826. The zero-order valence-electron chi connectivity index (χ0n) is 15.7. The maximum atomic E-state index is 12.5. The molecule has 1 amide bonds. The molecule has 0 spiro atoms. The van der Waals surface area contributed by atoms with E-state index in [1.165, 1.54) is 6.33 Å². The first-order chi connectivity index (χ1) is 12.7. The van der Waals surface area contributed by atoms with E-state index >= 15 is 0 Å². The molecular weight excluding hydrogens is 328 g/mol. The Morgan fingerprint density at radius 1 is 1.35 bits per heavy atom. The van der Waals surface area contributed by atoms with Gasteiger partial charge in [-0.3, -0.25) is 9.69 Å². The number of amides is 1. The van der Waals surface area contributed by atoms with Crippen molar-refractivity contribution in [3.8, 4) is 0 Å². The van der Waals surface area contributed by atoms with Crippen molar-refractivity contribution >= 4 is 5.91 Å². The number of aryl methyl sites for hydroxylation is 2. The van der Waals surface area contributed by atoms with Gasteiger partial charge < -0.3 is 9.73 Å². The van der Waals surface area contributed by atoms with Crippen molar-refractivity contribution < 1.29 is 9.21 Å². The second-order valence-electron chi connectivity index (χ2n) is 7.08. The second-order valence-corrected chi connectivity index (χ2v) is 7.08. The summed E-state index contributed by atoms with van der Waals surface area (Å²) in [5.74, 6) is 2.46. The lowest BCUT2D eigenvalue weighted by Gasteiger charge is -2.31. The van der Waals surface area contributed by atoms with Crippen molar-refractivity contribution in [1.82, 2.24) is 20.2 Å². The fourth-order valence-corrected chi connectivity index (χ4v) is 3.45. The summed E-state index contributed by atoms with van der Waals surface area (Å²) in [5, 5.41) is 3.08. The Kier molecular flexibility index (Phi) is 6.39. The van der Waals surface area contributed by atoms with Crippen LogP contribution in [0, 0.1) is 12.8 Å². The van der Waals surface area contributed by atoms with E-state index in [0.29, 0.717) is 18.0 Å². The van der Waals surface area contributed by atoms with E-state index in [9.17, 15) is 4.79 Å². The van der Waals surface area contributed by atoms with Crippen LogP contribution in [0.2, 0.25) is 0 Å². The van der Waals surface area contributed by atoms with Gasteiger partial charge in [-0.1, -0.05) is 13.3 Å². The average molecular weight is 356 g/mol. The highest BCUT2D eigenvalue weighted by atomic mass is 16.3. The molecule has 140 valence electrons. The van der Waals surface area contributed by atoms with Crippen LogP contribution in [0.3, 0.4) is 0 Å². The molecule has 1 N–H and O–H groups in total. The smallest absolute Gasteiger partial charge is 0.254 e. The number of hydrogen-bond acceptors (Lipinski definition) is 5. The predicted molar refractivity (Wildman–Crippen MR) is 99.8 cm³/mol. The van der Waals surface area contributed by atoms with E-state index in [0.717, 1.165) is 62.5 Å². The Hall–Kier alpha value is -2.21. The number of hydrogen-bond donors (Lipinski definition) is 1. The van der Waals surface area contributed by atoms with Crippen molar-refractivity contribution in [3.63, 3.8) is 0 Å². The molecule has 6 nitrogen and oxygen atoms in total. The first-order valence-corrected chi connectivity index (χ1v) is 9.50. The third-order valence-corrected chi connectivity index (χ3v) is 4.96. The van der Waals surface area contributed by atoms with Gasteiger partial charge in [-0.25, -0.2) is 9.97 Å². The van der Waals surface area contributed by atoms with Crippen LogP contribution < -0.4 is 5.32 Å². The molecular formula is C20H28N4O2. The summed E-state index contributed by atoms with van der Waals surface area (Å²) in [5.41, 5.74) is 1.45. The Labute approximate surface area is 155 Å². The molecule has 1 fully saturated rings. The number of aromatic nitrogens is 2. The molecule has 2 aromatic rings. The molecule has 0 radical (unpaired) electrons. The van der Waals surface area contributed by atoms with Crippen LogP contribution in [-0.4, -0.2) is 40.4 Å². The minimum atomic E-state index is -0.0532. The molecule has 1 aliphatic heterocycles. The lowest BCUT2D eigenvalue weighted by molar-refractivity contribution is 0.0932. The first-order valence-electron chi connectivity index (χ1n) is 9.50. The Bertz CT molecular complexity index is 720. The molecule has 1 saturated heterocycles. The topological polar surface area (TPSA) is 71.3 Å². The van der Waals surface area contributed by atoms with Gasteiger partial charge in [0, 0.05) is 12.7 Å². The number of carbonyl (C=O) groups is 1. The van der Waals surface area contributed by atoms with E-state index in [1.807, 2.05) is 13.0 Å². The second kappa shape index (κ2) is 8.94. The van der Waals surface area contributed by atoms with Crippen LogP contribution in [0.4, 0.5) is 0 Å². The first kappa shape index (κ1) is 18.6. The van der Waals surface area contributed by atoms with E-state index in [4.69, 9.17) is 4.42 Å². The van der Waals surface area contributed by atoms with Crippen LogP contribution in [-0.2, 0) is 13.0 Å². The highest BCUT2D eigenvalue weighted by Crippen LogP contribution is 2.19. The van der Waals surface area contributed by atoms with E-state index in [1.54, 1.807) is 6.20 Å². The summed E-state index contributed by atoms with van der Waals surface area (Å²) >= 11 is 0. The van der Waals surface area contributed by atoms with Crippen molar-refractivity contribution in [2.24, 2.45) is 5.92 Å². The Balaban J connectivity index is 1.44. The van der Waals surface area contributed by atoms with Gasteiger partial charge >= 0.3 is 0 Å². The number of nitrogens with zero attached hydrogens (tertiary/aromatic N) is 3.